The zero-order valence-electron chi connectivity index (χ0n) is 16.4. The Labute approximate surface area is 165 Å². The molecule has 1 amide bonds. The molecule has 0 aliphatic carbocycles. The summed E-state index contributed by atoms with van der Waals surface area (Å²) in [7, 11) is 0. The standard InChI is InChI=1S/C23H27FN2O2/c1-2-14-25-15-11-23(28-21-6-4-3-5-20(21)25)12-16-26(17-13-23)22(27)18-7-9-19(24)10-8-18/h3-10H,2,11-17H2,1H3. The molecule has 1 saturated heterocycles. The molecule has 4 nitrogen and oxygen atoms in total. The molecular formula is C23H27FN2O2. The lowest BCUT2D eigenvalue weighted by molar-refractivity contribution is 0.00241. The average Bonchev–Trinajstić information content (AvgIpc) is 2.86. The number of likely N-dealkylation sites (tertiary alicyclic amines) is 1. The zero-order valence-corrected chi connectivity index (χ0v) is 16.4. The highest BCUT2D eigenvalue weighted by Crippen LogP contribution is 2.40. The lowest BCUT2D eigenvalue weighted by atomic mass is 9.87. The van der Waals surface area contributed by atoms with Gasteiger partial charge in [0.25, 0.3) is 5.91 Å². The van der Waals surface area contributed by atoms with Crippen molar-refractivity contribution in [3.8, 4) is 5.75 Å². The van der Waals surface area contributed by atoms with Crippen LogP contribution in [0.2, 0.25) is 0 Å². The first-order chi connectivity index (χ1) is 13.6. The van der Waals surface area contributed by atoms with Gasteiger partial charge in [0.2, 0.25) is 0 Å². The highest BCUT2D eigenvalue weighted by Gasteiger charge is 2.40. The number of hydrogen-bond acceptors (Lipinski definition) is 3. The zero-order chi connectivity index (χ0) is 19.6. The molecule has 0 saturated carbocycles. The van der Waals surface area contributed by atoms with Gasteiger partial charge in [-0.2, -0.15) is 0 Å². The van der Waals surface area contributed by atoms with E-state index >= 15 is 0 Å². The summed E-state index contributed by atoms with van der Waals surface area (Å²) in [5.74, 6) is 0.597. The van der Waals surface area contributed by atoms with E-state index in [2.05, 4.69) is 30.0 Å². The second-order valence-corrected chi connectivity index (χ2v) is 7.79. The summed E-state index contributed by atoms with van der Waals surface area (Å²) in [5.41, 5.74) is 1.49. The number of hydrogen-bond donors (Lipinski definition) is 0. The Morgan fingerprint density at radius 3 is 2.43 bits per heavy atom. The highest BCUT2D eigenvalue weighted by molar-refractivity contribution is 5.94. The molecule has 0 atom stereocenters. The van der Waals surface area contributed by atoms with Gasteiger partial charge in [0.05, 0.1) is 5.69 Å². The summed E-state index contributed by atoms with van der Waals surface area (Å²) >= 11 is 0. The number of fused-ring (bicyclic) bond motifs is 1. The van der Waals surface area contributed by atoms with E-state index < -0.39 is 0 Å². The third-order valence-corrected chi connectivity index (χ3v) is 5.92. The van der Waals surface area contributed by atoms with E-state index in [-0.39, 0.29) is 17.3 Å². The van der Waals surface area contributed by atoms with Crippen molar-refractivity contribution in [1.82, 2.24) is 4.90 Å². The van der Waals surface area contributed by atoms with E-state index in [9.17, 15) is 9.18 Å². The van der Waals surface area contributed by atoms with Crippen LogP contribution >= 0.6 is 0 Å². The fourth-order valence-corrected chi connectivity index (χ4v) is 4.29. The predicted molar refractivity (Wildman–Crippen MR) is 108 cm³/mol. The van der Waals surface area contributed by atoms with Crippen molar-refractivity contribution < 1.29 is 13.9 Å². The van der Waals surface area contributed by atoms with Crippen LogP contribution in [0.5, 0.6) is 5.75 Å². The second-order valence-electron chi connectivity index (χ2n) is 7.79. The number of amides is 1. The van der Waals surface area contributed by atoms with Gasteiger partial charge in [-0.25, -0.2) is 4.39 Å². The van der Waals surface area contributed by atoms with Crippen LogP contribution in [-0.2, 0) is 0 Å². The average molecular weight is 382 g/mol. The Balaban J connectivity index is 1.48. The van der Waals surface area contributed by atoms with Crippen LogP contribution in [0.1, 0.15) is 43.0 Å². The number of rotatable bonds is 3. The number of halogens is 1. The first-order valence-electron chi connectivity index (χ1n) is 10.2. The van der Waals surface area contributed by atoms with E-state index in [1.54, 1.807) is 12.1 Å². The summed E-state index contributed by atoms with van der Waals surface area (Å²) < 4.78 is 19.7. The van der Waals surface area contributed by atoms with Gasteiger partial charge in [-0.15, -0.1) is 0 Å². The smallest absolute Gasteiger partial charge is 0.253 e. The molecule has 1 spiro atoms. The molecule has 1 fully saturated rings. The monoisotopic (exact) mass is 382 g/mol. The Kier molecular flexibility index (Phi) is 5.25. The molecule has 0 unspecified atom stereocenters. The van der Waals surface area contributed by atoms with Crippen molar-refractivity contribution in [3.63, 3.8) is 0 Å². The topological polar surface area (TPSA) is 32.8 Å². The van der Waals surface area contributed by atoms with Crippen LogP contribution in [0.4, 0.5) is 10.1 Å². The summed E-state index contributed by atoms with van der Waals surface area (Å²) in [6.07, 6.45) is 3.68. The largest absolute Gasteiger partial charge is 0.485 e. The van der Waals surface area contributed by atoms with E-state index in [4.69, 9.17) is 4.74 Å². The number of piperidine rings is 1. The Bertz CT molecular complexity index is 829. The molecule has 28 heavy (non-hydrogen) atoms. The number of para-hydroxylation sites is 2. The summed E-state index contributed by atoms with van der Waals surface area (Å²) in [6, 6.07) is 14.1. The summed E-state index contributed by atoms with van der Waals surface area (Å²) in [5, 5.41) is 0. The quantitative estimate of drug-likeness (QED) is 0.784. The Hall–Kier alpha value is -2.56. The van der Waals surface area contributed by atoms with Crippen LogP contribution in [0, 0.1) is 5.82 Å². The minimum Gasteiger partial charge on any atom is -0.485 e. The molecule has 2 heterocycles. The SMILES string of the molecule is CCCN1CCC2(CCN(C(=O)c3ccc(F)cc3)CC2)Oc2ccccc21. The number of nitrogens with zero attached hydrogens (tertiary/aromatic N) is 2. The molecule has 5 heteroatoms. The third-order valence-electron chi connectivity index (χ3n) is 5.92. The molecule has 0 radical (unpaired) electrons. The summed E-state index contributed by atoms with van der Waals surface area (Å²) in [4.78, 5) is 17.0. The van der Waals surface area contributed by atoms with Crippen LogP contribution in [0.15, 0.2) is 48.5 Å². The molecule has 148 valence electrons. The number of ether oxygens (including phenoxy) is 1. The Morgan fingerprint density at radius 2 is 1.71 bits per heavy atom. The minimum atomic E-state index is -0.323. The van der Waals surface area contributed by atoms with Crippen molar-refractivity contribution in [2.24, 2.45) is 0 Å². The Morgan fingerprint density at radius 1 is 1.04 bits per heavy atom. The van der Waals surface area contributed by atoms with Crippen LogP contribution in [0.25, 0.3) is 0 Å². The molecular weight excluding hydrogens is 355 g/mol. The molecule has 2 aromatic rings. The van der Waals surface area contributed by atoms with Gasteiger partial charge >= 0.3 is 0 Å². The third kappa shape index (κ3) is 3.71. The fourth-order valence-electron chi connectivity index (χ4n) is 4.29. The predicted octanol–water partition coefficient (Wildman–Crippen LogP) is 4.50. The van der Waals surface area contributed by atoms with Gasteiger partial charge in [0, 0.05) is 51.0 Å². The lowest BCUT2D eigenvalue weighted by Gasteiger charge is -2.41. The van der Waals surface area contributed by atoms with E-state index in [1.807, 2.05) is 11.0 Å². The van der Waals surface area contributed by atoms with Gasteiger partial charge < -0.3 is 14.5 Å². The van der Waals surface area contributed by atoms with Crippen LogP contribution in [0.3, 0.4) is 0 Å². The molecule has 2 aliphatic rings. The highest BCUT2D eigenvalue weighted by atomic mass is 19.1. The van der Waals surface area contributed by atoms with Crippen LogP contribution in [-0.4, -0.2) is 42.6 Å². The van der Waals surface area contributed by atoms with Gasteiger partial charge in [0.15, 0.2) is 0 Å². The van der Waals surface area contributed by atoms with Crippen molar-refractivity contribution in [3.05, 3.63) is 59.9 Å². The van der Waals surface area contributed by atoms with Gasteiger partial charge in [0.1, 0.15) is 17.2 Å². The fraction of sp³-hybridized carbons (Fsp3) is 0.435. The number of carbonyl (C=O) groups is 1. The first kappa shape index (κ1) is 18.8. The van der Waals surface area contributed by atoms with Crippen molar-refractivity contribution in [2.45, 2.75) is 38.2 Å². The number of anilines is 1. The molecule has 4 rings (SSSR count). The molecule has 0 bridgehead atoms. The van der Waals surface area contributed by atoms with E-state index in [0.29, 0.717) is 18.7 Å². The van der Waals surface area contributed by atoms with Crippen molar-refractivity contribution in [2.75, 3.05) is 31.1 Å². The first-order valence-corrected chi connectivity index (χ1v) is 10.2. The molecule has 2 aliphatic heterocycles. The van der Waals surface area contributed by atoms with Gasteiger partial charge in [-0.1, -0.05) is 19.1 Å². The van der Waals surface area contributed by atoms with Crippen molar-refractivity contribution >= 4 is 11.6 Å². The minimum absolute atomic E-state index is 0.0310. The van der Waals surface area contributed by atoms with Crippen LogP contribution < -0.4 is 9.64 Å². The maximum Gasteiger partial charge on any atom is 0.253 e. The second kappa shape index (κ2) is 7.82. The van der Waals surface area contributed by atoms with E-state index in [1.165, 1.54) is 17.8 Å². The normalized spacial score (nSPS) is 18.4. The molecule has 0 aromatic heterocycles. The lowest BCUT2D eigenvalue weighted by Crippen LogP contribution is -2.50. The maximum absolute atomic E-state index is 13.1. The number of carbonyl (C=O) groups excluding carboxylic acids is 1. The van der Waals surface area contributed by atoms with Gasteiger partial charge in [-0.05, 0) is 42.8 Å². The molecule has 2 aromatic carbocycles. The summed E-state index contributed by atoms with van der Waals surface area (Å²) in [6.45, 7) is 5.50. The van der Waals surface area contributed by atoms with Crippen molar-refractivity contribution in [1.29, 1.82) is 0 Å². The molecule has 0 N–H and O–H groups in total. The van der Waals surface area contributed by atoms with E-state index in [0.717, 1.165) is 44.5 Å². The maximum atomic E-state index is 13.1. The van der Waals surface area contributed by atoms with Gasteiger partial charge in [-0.3, -0.25) is 4.79 Å². The number of benzene rings is 2.